The molecule has 0 aliphatic heterocycles. The Kier molecular flexibility index (Phi) is 16.6. The summed E-state index contributed by atoms with van der Waals surface area (Å²) in [4.78, 5) is 0. The lowest BCUT2D eigenvalue weighted by molar-refractivity contribution is 0.167. The summed E-state index contributed by atoms with van der Waals surface area (Å²) in [6.07, 6.45) is 0. The zero-order valence-corrected chi connectivity index (χ0v) is 11.9. The van der Waals surface area contributed by atoms with Crippen molar-refractivity contribution in [2.75, 3.05) is 49.4 Å². The summed E-state index contributed by atoms with van der Waals surface area (Å²) in [6.45, 7) is 2.04. The van der Waals surface area contributed by atoms with Gasteiger partial charge in [-0.2, -0.15) is 0 Å². The van der Waals surface area contributed by atoms with E-state index in [0.717, 1.165) is 36.2 Å². The molecular weight excluding hydrogens is 272 g/mol. The van der Waals surface area contributed by atoms with Crippen LogP contribution in [0.15, 0.2) is 0 Å². The quantitative estimate of drug-likeness (QED) is 0.419. The standard InChI is InChI=1S/C8H18O3S4/c9-1-5-12-14-7-3-11-4-8-15-13-6-2-10/h9-10H,1-8H2. The highest BCUT2D eigenvalue weighted by Crippen LogP contribution is 2.21. The average Bonchev–Trinajstić information content (AvgIpc) is 2.26. The molecule has 0 saturated heterocycles. The molecule has 0 heterocycles. The van der Waals surface area contributed by atoms with Crippen LogP contribution >= 0.6 is 43.2 Å². The zero-order valence-electron chi connectivity index (χ0n) is 8.59. The third-order valence-electron chi connectivity index (χ3n) is 1.14. The van der Waals surface area contributed by atoms with Gasteiger partial charge in [-0.05, 0) is 0 Å². The van der Waals surface area contributed by atoms with Crippen molar-refractivity contribution in [3.8, 4) is 0 Å². The van der Waals surface area contributed by atoms with Gasteiger partial charge in [0.15, 0.2) is 0 Å². The van der Waals surface area contributed by atoms with Gasteiger partial charge in [-0.15, -0.1) is 0 Å². The number of aliphatic hydroxyl groups excluding tert-OH is 2. The molecule has 0 saturated carbocycles. The normalized spacial score (nSPS) is 10.8. The highest BCUT2D eigenvalue weighted by Gasteiger charge is 1.92. The number of ether oxygens (including phenoxy) is 1. The second-order valence-corrected chi connectivity index (χ2v) is 7.75. The predicted molar refractivity (Wildman–Crippen MR) is 74.8 cm³/mol. The summed E-state index contributed by atoms with van der Waals surface area (Å²) >= 11 is 0. The first kappa shape index (κ1) is 16.3. The molecule has 0 rings (SSSR count). The van der Waals surface area contributed by atoms with Crippen molar-refractivity contribution in [3.63, 3.8) is 0 Å². The lowest BCUT2D eigenvalue weighted by Gasteiger charge is -2.03. The van der Waals surface area contributed by atoms with Crippen LogP contribution in [0.4, 0.5) is 0 Å². The zero-order chi connectivity index (χ0) is 11.2. The molecule has 2 N–H and O–H groups in total. The van der Waals surface area contributed by atoms with Crippen molar-refractivity contribution in [2.45, 2.75) is 0 Å². The molecule has 0 fully saturated rings. The minimum atomic E-state index is 0.247. The van der Waals surface area contributed by atoms with Crippen LogP contribution in [0.2, 0.25) is 0 Å². The molecule has 0 amide bonds. The Morgan fingerprint density at radius 1 is 0.667 bits per heavy atom. The van der Waals surface area contributed by atoms with Crippen molar-refractivity contribution in [1.82, 2.24) is 0 Å². The van der Waals surface area contributed by atoms with Gasteiger partial charge in [0.2, 0.25) is 0 Å². The average molecular weight is 290 g/mol. The van der Waals surface area contributed by atoms with Crippen LogP contribution in [-0.2, 0) is 4.74 Å². The molecule has 92 valence electrons. The van der Waals surface area contributed by atoms with E-state index in [2.05, 4.69) is 0 Å². The summed E-state index contributed by atoms with van der Waals surface area (Å²) < 4.78 is 5.40. The Morgan fingerprint density at radius 3 is 1.47 bits per heavy atom. The maximum atomic E-state index is 8.52. The van der Waals surface area contributed by atoms with E-state index in [-0.39, 0.29) is 13.2 Å². The van der Waals surface area contributed by atoms with Gasteiger partial charge >= 0.3 is 0 Å². The van der Waals surface area contributed by atoms with Crippen molar-refractivity contribution in [3.05, 3.63) is 0 Å². The Balaban J connectivity index is 2.81. The monoisotopic (exact) mass is 290 g/mol. The Bertz CT molecular complexity index is 106. The second kappa shape index (κ2) is 15.3. The minimum Gasteiger partial charge on any atom is -0.395 e. The van der Waals surface area contributed by atoms with E-state index in [9.17, 15) is 0 Å². The van der Waals surface area contributed by atoms with E-state index in [1.165, 1.54) is 0 Å². The maximum Gasteiger partial charge on any atom is 0.0565 e. The van der Waals surface area contributed by atoms with E-state index in [1.54, 1.807) is 43.2 Å². The van der Waals surface area contributed by atoms with Gasteiger partial charge < -0.3 is 14.9 Å². The van der Waals surface area contributed by atoms with Crippen LogP contribution in [0.1, 0.15) is 0 Å². The van der Waals surface area contributed by atoms with Gasteiger partial charge in [-0.1, -0.05) is 43.2 Å². The summed E-state index contributed by atoms with van der Waals surface area (Å²) in [5, 5.41) is 17.0. The van der Waals surface area contributed by atoms with Gasteiger partial charge in [-0.3, -0.25) is 0 Å². The smallest absolute Gasteiger partial charge is 0.0565 e. The molecule has 7 heteroatoms. The van der Waals surface area contributed by atoms with Gasteiger partial charge in [-0.25, -0.2) is 0 Å². The van der Waals surface area contributed by atoms with Crippen LogP contribution in [0.3, 0.4) is 0 Å². The maximum absolute atomic E-state index is 8.52. The topological polar surface area (TPSA) is 49.7 Å². The molecule has 0 aliphatic carbocycles. The number of hydrogen-bond acceptors (Lipinski definition) is 7. The molecule has 0 unspecified atom stereocenters. The Morgan fingerprint density at radius 2 is 1.07 bits per heavy atom. The molecule has 0 aromatic heterocycles. The van der Waals surface area contributed by atoms with E-state index < -0.39 is 0 Å². The fraction of sp³-hybridized carbons (Fsp3) is 1.00. The lowest BCUT2D eigenvalue weighted by atomic mass is 10.8. The number of aliphatic hydroxyl groups is 2. The SMILES string of the molecule is OCCSSCCOCCSSCCO. The summed E-state index contributed by atoms with van der Waals surface area (Å²) in [5.74, 6) is 3.52. The first-order valence-corrected chi connectivity index (χ1v) is 9.67. The van der Waals surface area contributed by atoms with Crippen LogP contribution in [0.5, 0.6) is 0 Å². The molecule has 0 aromatic carbocycles. The first-order valence-electron chi connectivity index (χ1n) is 4.70. The van der Waals surface area contributed by atoms with Gasteiger partial charge in [0.25, 0.3) is 0 Å². The molecule has 0 atom stereocenters. The van der Waals surface area contributed by atoms with Gasteiger partial charge in [0, 0.05) is 23.0 Å². The molecule has 0 aliphatic rings. The highest BCUT2D eigenvalue weighted by atomic mass is 33.1. The fourth-order valence-corrected chi connectivity index (χ4v) is 3.86. The molecule has 3 nitrogen and oxygen atoms in total. The van der Waals surface area contributed by atoms with Crippen molar-refractivity contribution in [1.29, 1.82) is 0 Å². The number of hydrogen-bond donors (Lipinski definition) is 2. The fourth-order valence-electron chi connectivity index (χ4n) is 0.598. The summed E-state index contributed by atoms with van der Waals surface area (Å²) in [5.41, 5.74) is 0. The lowest BCUT2D eigenvalue weighted by Crippen LogP contribution is -2.00. The highest BCUT2D eigenvalue weighted by molar-refractivity contribution is 8.77. The van der Waals surface area contributed by atoms with E-state index in [1.807, 2.05) is 0 Å². The molecule has 0 spiro atoms. The van der Waals surface area contributed by atoms with Gasteiger partial charge in [0.1, 0.15) is 0 Å². The summed E-state index contributed by atoms with van der Waals surface area (Å²) in [7, 11) is 6.83. The van der Waals surface area contributed by atoms with Crippen LogP contribution in [0, 0.1) is 0 Å². The van der Waals surface area contributed by atoms with E-state index in [0.29, 0.717) is 0 Å². The molecule has 15 heavy (non-hydrogen) atoms. The Labute approximate surface area is 107 Å². The first-order chi connectivity index (χ1) is 7.41. The minimum absolute atomic E-state index is 0.247. The second-order valence-electron chi connectivity index (χ2n) is 2.35. The number of rotatable bonds is 12. The van der Waals surface area contributed by atoms with Crippen LogP contribution < -0.4 is 0 Å². The van der Waals surface area contributed by atoms with Crippen LogP contribution in [0.25, 0.3) is 0 Å². The van der Waals surface area contributed by atoms with Crippen molar-refractivity contribution < 1.29 is 14.9 Å². The third-order valence-corrected chi connectivity index (χ3v) is 5.84. The summed E-state index contributed by atoms with van der Waals surface area (Å²) in [6, 6.07) is 0. The van der Waals surface area contributed by atoms with Crippen LogP contribution in [-0.4, -0.2) is 59.7 Å². The van der Waals surface area contributed by atoms with Crippen molar-refractivity contribution >= 4 is 43.2 Å². The molecule has 0 radical (unpaired) electrons. The third kappa shape index (κ3) is 15.3. The van der Waals surface area contributed by atoms with Crippen molar-refractivity contribution in [2.24, 2.45) is 0 Å². The largest absolute Gasteiger partial charge is 0.395 e. The molecule has 0 bridgehead atoms. The molecule has 0 aromatic rings. The molecular formula is C8H18O3S4. The van der Waals surface area contributed by atoms with E-state index >= 15 is 0 Å². The Hall–Kier alpha value is 1.28. The predicted octanol–water partition coefficient (Wildman–Crippen LogP) is 1.75. The van der Waals surface area contributed by atoms with E-state index in [4.69, 9.17) is 14.9 Å². The van der Waals surface area contributed by atoms with Gasteiger partial charge in [0.05, 0.1) is 26.4 Å².